The average Bonchev–Trinajstić information content (AvgIpc) is 4.19. The Morgan fingerprint density at radius 1 is 0.618 bits per heavy atom. The van der Waals surface area contributed by atoms with Crippen LogP contribution < -0.4 is 5.73 Å². The molecule has 4 saturated heterocycles. The van der Waals surface area contributed by atoms with Gasteiger partial charge in [0.05, 0.1) is 23.6 Å². The quantitative estimate of drug-likeness (QED) is 0.155. The second-order valence-corrected chi connectivity index (χ2v) is 27.9. The number of fused-ring (bicyclic) bond motifs is 4. The van der Waals surface area contributed by atoms with E-state index in [9.17, 15) is 57.0 Å². The number of nitrogens with two attached hydrogens (primary N) is 1. The van der Waals surface area contributed by atoms with Crippen LogP contribution >= 0.6 is 0 Å². The van der Waals surface area contributed by atoms with Gasteiger partial charge in [0.25, 0.3) is 0 Å². The zero-order valence-corrected chi connectivity index (χ0v) is 41.8. The van der Waals surface area contributed by atoms with Gasteiger partial charge in [0.2, 0.25) is 31.9 Å². The summed E-state index contributed by atoms with van der Waals surface area (Å²) < 4.78 is 147. The minimum atomic E-state index is -3.45. The smallest absolute Gasteiger partial charge is 0.238 e. The van der Waals surface area contributed by atoms with Crippen LogP contribution in [0, 0.1) is 52.7 Å². The zero-order valence-electron chi connectivity index (χ0n) is 39.3. The Balaban J connectivity index is 0.000000204. The van der Waals surface area contributed by atoms with E-state index in [0.29, 0.717) is 69.3 Å². The number of rotatable bonds is 16. The molecule has 9 atom stereocenters. The van der Waals surface area contributed by atoms with Crippen molar-refractivity contribution in [3.8, 4) is 0 Å². The van der Waals surface area contributed by atoms with E-state index in [1.165, 1.54) is 18.4 Å². The topological polar surface area (TPSA) is 158 Å². The first-order valence-electron chi connectivity index (χ1n) is 23.7. The molecule has 0 radical (unpaired) electrons. The number of amides is 2. The Morgan fingerprint density at radius 2 is 0.971 bits per heavy atom. The Kier molecular flexibility index (Phi) is 15.9. The highest BCUT2D eigenvalue weighted by Gasteiger charge is 2.48. The molecular formula is C47H65F6N5O7S3. The zero-order chi connectivity index (χ0) is 49.8. The molecule has 0 aromatic heterocycles. The van der Waals surface area contributed by atoms with Crippen molar-refractivity contribution >= 4 is 42.7 Å². The maximum Gasteiger partial charge on any atom is 0.238 e. The van der Waals surface area contributed by atoms with E-state index in [1.807, 2.05) is 25.7 Å². The standard InChI is InChI=1S/C26H37F3N2O4S2.C21H28F3N3O3S/c1-26(2,3)36(33)15-18(9-17-12-23(28)24(29)13-22(17)27)16-10-19-5-6-20(11-16)31(19)25(32)14-30(4)37(34,35)21-7-8-21;1-26(31(29,30)16-4-5-16)11-21(28)27-14-2-3-15(27)7-13(6-14)20(25)9-12-8-18(23)19(24)10-17(12)22/h12-13,16,18-21H,5-11,14-15H2,1-4H3;8,10,13-16,20H,2-7,9,11,25H2,1H3/t16?,18-,19-,20+,36+;13?,14-,15+,20-/m01/s1. The van der Waals surface area contributed by atoms with Gasteiger partial charge in [-0.05, 0) is 152 Å². The first-order chi connectivity index (χ1) is 31.8. The van der Waals surface area contributed by atoms with Crippen LogP contribution in [0.15, 0.2) is 24.3 Å². The summed E-state index contributed by atoms with van der Waals surface area (Å²) in [6, 6.07) is 2.17. The fourth-order valence-electron chi connectivity index (χ4n) is 10.9. The molecule has 0 spiro atoms. The molecule has 6 fully saturated rings. The summed E-state index contributed by atoms with van der Waals surface area (Å²) in [5.41, 5.74) is 6.42. The van der Waals surface area contributed by atoms with Gasteiger partial charge in [-0.3, -0.25) is 13.8 Å². The predicted octanol–water partition coefficient (Wildman–Crippen LogP) is 6.17. The molecule has 6 aliphatic rings. The number of carbonyl (C=O) groups is 2. The van der Waals surface area contributed by atoms with E-state index in [0.717, 1.165) is 42.1 Å². The molecule has 2 saturated carbocycles. The average molecular weight is 1020 g/mol. The molecule has 4 bridgehead atoms. The molecule has 380 valence electrons. The number of hydrogen-bond donors (Lipinski definition) is 1. The minimum absolute atomic E-state index is 0.0157. The molecule has 2 unspecified atom stereocenters. The number of likely N-dealkylation sites (N-methyl/N-ethyl adjacent to an activating group) is 2. The highest BCUT2D eigenvalue weighted by molar-refractivity contribution is 7.90. The largest absolute Gasteiger partial charge is 0.336 e. The van der Waals surface area contributed by atoms with Crippen LogP contribution in [0.3, 0.4) is 0 Å². The molecule has 2 N–H and O–H groups in total. The summed E-state index contributed by atoms with van der Waals surface area (Å²) >= 11 is 0. The summed E-state index contributed by atoms with van der Waals surface area (Å²) in [6.07, 6.45) is 8.51. The van der Waals surface area contributed by atoms with Gasteiger partial charge in [-0.2, -0.15) is 8.61 Å². The fourth-order valence-corrected chi connectivity index (χ4v) is 15.2. The van der Waals surface area contributed by atoms with Crippen LogP contribution in [-0.4, -0.2) is 130 Å². The van der Waals surface area contributed by atoms with Gasteiger partial charge in [-0.15, -0.1) is 0 Å². The minimum Gasteiger partial charge on any atom is -0.336 e. The molecule has 2 amide bonds. The van der Waals surface area contributed by atoms with E-state index in [1.54, 1.807) is 4.90 Å². The highest BCUT2D eigenvalue weighted by Crippen LogP contribution is 2.44. The second kappa shape index (κ2) is 20.5. The van der Waals surface area contributed by atoms with Crippen LogP contribution in [-0.2, 0) is 53.3 Å². The van der Waals surface area contributed by atoms with Crippen molar-refractivity contribution in [1.29, 1.82) is 0 Å². The second-order valence-electron chi connectivity index (χ2n) is 21.0. The number of carbonyl (C=O) groups excluding carboxylic acids is 2. The summed E-state index contributed by atoms with van der Waals surface area (Å²) in [5, 5.41) is -0.739. The molecule has 2 aliphatic carbocycles. The summed E-state index contributed by atoms with van der Waals surface area (Å²) in [4.78, 5) is 29.7. The van der Waals surface area contributed by atoms with Gasteiger partial charge in [-0.1, -0.05) is 0 Å². The van der Waals surface area contributed by atoms with Crippen LogP contribution in [0.2, 0.25) is 0 Å². The lowest BCUT2D eigenvalue weighted by Gasteiger charge is -2.42. The number of sulfonamides is 2. The van der Waals surface area contributed by atoms with E-state index in [2.05, 4.69) is 0 Å². The molecule has 4 aliphatic heterocycles. The van der Waals surface area contributed by atoms with Gasteiger partial charge < -0.3 is 15.5 Å². The van der Waals surface area contributed by atoms with Crippen molar-refractivity contribution in [1.82, 2.24) is 18.4 Å². The number of nitrogens with zero attached hydrogens (tertiary/aromatic N) is 4. The van der Waals surface area contributed by atoms with Crippen molar-refractivity contribution in [3.05, 3.63) is 70.3 Å². The lowest BCUT2D eigenvalue weighted by Crippen LogP contribution is -2.53. The normalized spacial score (nSPS) is 26.4. The van der Waals surface area contributed by atoms with Crippen LogP contribution in [0.5, 0.6) is 0 Å². The third-order valence-corrected chi connectivity index (χ3v) is 21.7. The maximum atomic E-state index is 14.6. The number of hydrogen-bond acceptors (Lipinski definition) is 8. The number of halogens is 6. The monoisotopic (exact) mass is 1020 g/mol. The number of benzene rings is 2. The molecule has 21 heteroatoms. The SMILES string of the molecule is CN(CC(=O)N1[C@@H]2CC[C@H]1CC([C@@H](Cc1cc(F)c(F)cc1F)C[S@@](=O)C(C)(C)C)C2)S(=O)(=O)C1CC1.CN(CC(=O)N1[C@@H]2CC[C@H]1CC([C@H](N)Cc1cc(F)c(F)cc1F)C2)S(=O)(=O)C1CC1. The Morgan fingerprint density at radius 3 is 1.34 bits per heavy atom. The molecule has 12 nitrogen and oxygen atoms in total. The highest BCUT2D eigenvalue weighted by atomic mass is 32.2. The van der Waals surface area contributed by atoms with Gasteiger partial charge in [-0.25, -0.2) is 43.2 Å². The summed E-state index contributed by atoms with van der Waals surface area (Å²) in [5.74, 6) is -6.63. The summed E-state index contributed by atoms with van der Waals surface area (Å²) in [6.45, 7) is 5.26. The third-order valence-electron chi connectivity index (χ3n) is 15.0. The fraction of sp³-hybridized carbons (Fsp3) is 0.702. The van der Waals surface area contributed by atoms with E-state index in [4.69, 9.17) is 5.73 Å². The Labute approximate surface area is 399 Å². The van der Waals surface area contributed by atoms with E-state index >= 15 is 0 Å². The molecule has 68 heavy (non-hydrogen) atoms. The molecule has 4 heterocycles. The maximum absolute atomic E-state index is 14.6. The van der Waals surface area contributed by atoms with Crippen molar-refractivity contribution in [2.45, 2.75) is 156 Å². The van der Waals surface area contributed by atoms with Crippen LogP contribution in [0.1, 0.15) is 109 Å². The van der Waals surface area contributed by atoms with Crippen molar-refractivity contribution in [2.75, 3.05) is 32.9 Å². The lowest BCUT2D eigenvalue weighted by molar-refractivity contribution is -0.137. The first kappa shape index (κ1) is 52.7. The van der Waals surface area contributed by atoms with Gasteiger partial charge in [0, 0.05) is 77.7 Å². The molecular weight excluding hydrogens is 957 g/mol. The molecule has 8 rings (SSSR count). The number of piperidine rings is 2. The van der Waals surface area contributed by atoms with Crippen LogP contribution in [0.4, 0.5) is 26.3 Å². The van der Waals surface area contributed by atoms with Gasteiger partial charge in [0.15, 0.2) is 23.3 Å². The van der Waals surface area contributed by atoms with Crippen molar-refractivity contribution < 1.29 is 57.0 Å². The molecule has 2 aromatic carbocycles. The van der Waals surface area contributed by atoms with E-state index in [-0.39, 0.29) is 101 Å². The van der Waals surface area contributed by atoms with Gasteiger partial charge >= 0.3 is 0 Å². The Bertz CT molecular complexity index is 2450. The van der Waals surface area contributed by atoms with Crippen molar-refractivity contribution in [2.24, 2.45) is 23.5 Å². The molecule has 2 aromatic rings. The first-order valence-corrected chi connectivity index (χ1v) is 28.0. The van der Waals surface area contributed by atoms with Gasteiger partial charge in [0.1, 0.15) is 11.6 Å². The van der Waals surface area contributed by atoms with Crippen molar-refractivity contribution in [3.63, 3.8) is 0 Å². The Hall–Kier alpha value is -3.11. The summed E-state index contributed by atoms with van der Waals surface area (Å²) in [7, 11) is -5.20. The predicted molar refractivity (Wildman–Crippen MR) is 246 cm³/mol. The lowest BCUT2D eigenvalue weighted by atomic mass is 9.78. The van der Waals surface area contributed by atoms with E-state index < -0.39 is 76.5 Å². The third kappa shape index (κ3) is 11.8. The van der Waals surface area contributed by atoms with Crippen LogP contribution in [0.25, 0.3) is 0 Å².